The third-order valence-electron chi connectivity index (χ3n) is 23.5. The molecular weight excluding hydrogens is 1210 g/mol. The van der Waals surface area contributed by atoms with Gasteiger partial charge in [0.15, 0.2) is 0 Å². The van der Waals surface area contributed by atoms with Crippen LogP contribution < -0.4 is 26.2 Å². The number of aromatic nitrogens is 1. The van der Waals surface area contributed by atoms with Crippen molar-refractivity contribution in [3.8, 4) is 50.2 Å². The summed E-state index contributed by atoms with van der Waals surface area (Å²) in [7, 11) is 0. The Hall–Kier alpha value is -9.12. The molecule has 12 aromatic rings. The SMILES string of the molecule is CC(C)(C)c1cc(-c2ccc3c(c2)B2c4cc(-c5cc(C(C)(C)C)cc(C(C)(C)C)c5)ccc4N(c4ccc(-c5ccc6c(c5)C(C)(C)CC6(C)C)cc4)c4cc(-n5c6ccccc6c6ccccc65)cc(c42)N3c2ccc(-c3ccc4c(c3)C(C)(C)CC4(C)C)cc2)cc(C(C)(C)C)c1. The van der Waals surface area contributed by atoms with Crippen LogP contribution in [0.2, 0.25) is 0 Å². The molecule has 0 fully saturated rings. The zero-order valence-corrected chi connectivity index (χ0v) is 63.1. The van der Waals surface area contributed by atoms with E-state index < -0.39 is 0 Å². The highest BCUT2D eigenvalue weighted by atomic mass is 15.2. The Kier molecular flexibility index (Phi) is 14.5. The molecule has 0 unspecified atom stereocenters. The van der Waals surface area contributed by atoms with Crippen LogP contribution in [0, 0.1) is 0 Å². The zero-order valence-electron chi connectivity index (χ0n) is 63.1. The van der Waals surface area contributed by atoms with E-state index in [-0.39, 0.29) is 50.0 Å². The molecule has 0 radical (unpaired) electrons. The van der Waals surface area contributed by atoms with Gasteiger partial charge < -0.3 is 14.4 Å². The van der Waals surface area contributed by atoms with E-state index in [1.165, 1.54) is 150 Å². The van der Waals surface area contributed by atoms with Crippen molar-refractivity contribution in [1.29, 1.82) is 0 Å². The molecule has 4 aliphatic rings. The molecule has 1 aromatic heterocycles. The Morgan fingerprint density at radius 3 is 0.960 bits per heavy atom. The molecule has 2 aliphatic heterocycles. The predicted octanol–water partition coefficient (Wildman–Crippen LogP) is 24.6. The molecule has 3 heterocycles. The Balaban J connectivity index is 0.994. The van der Waals surface area contributed by atoms with Crippen molar-refractivity contribution in [1.82, 2.24) is 4.57 Å². The fourth-order valence-electron chi connectivity index (χ4n) is 18.5. The minimum absolute atomic E-state index is 0.0611. The van der Waals surface area contributed by atoms with E-state index in [0.717, 1.165) is 29.9 Å². The summed E-state index contributed by atoms with van der Waals surface area (Å²) in [6.07, 6.45) is 2.27. The smallest absolute Gasteiger partial charge is 0.252 e. The second kappa shape index (κ2) is 22.2. The lowest BCUT2D eigenvalue weighted by atomic mass is 9.33. The number of rotatable bonds is 7. The molecule has 11 aromatic carbocycles. The molecule has 0 saturated heterocycles. The van der Waals surface area contributed by atoms with E-state index in [1.54, 1.807) is 0 Å². The van der Waals surface area contributed by atoms with Gasteiger partial charge in [-0.05, 0) is 222 Å². The van der Waals surface area contributed by atoms with Crippen molar-refractivity contribution in [2.45, 2.75) is 195 Å². The fraction of sp³-hybridized carbons (Fsp3) is 0.312. The normalized spacial score (nSPS) is 16.4. The predicted molar refractivity (Wildman–Crippen MR) is 433 cm³/mol. The van der Waals surface area contributed by atoms with E-state index in [4.69, 9.17) is 0 Å². The van der Waals surface area contributed by atoms with Crippen LogP contribution >= 0.6 is 0 Å². The van der Waals surface area contributed by atoms with Gasteiger partial charge >= 0.3 is 0 Å². The van der Waals surface area contributed by atoms with Gasteiger partial charge in [-0.3, -0.25) is 0 Å². The molecule has 16 rings (SSSR count). The monoisotopic (exact) mass is 1310 g/mol. The summed E-state index contributed by atoms with van der Waals surface area (Å²) in [5, 5.41) is 2.48. The van der Waals surface area contributed by atoms with E-state index in [2.05, 4.69) is 371 Å². The van der Waals surface area contributed by atoms with Gasteiger partial charge in [0.2, 0.25) is 0 Å². The molecule has 0 N–H and O–H groups in total. The number of fused-ring (bicyclic) bond motifs is 9. The van der Waals surface area contributed by atoms with Crippen molar-refractivity contribution in [3.63, 3.8) is 0 Å². The maximum Gasteiger partial charge on any atom is 0.252 e. The van der Waals surface area contributed by atoms with Crippen molar-refractivity contribution < 1.29 is 0 Å². The summed E-state index contributed by atoms with van der Waals surface area (Å²) >= 11 is 0. The molecule has 0 spiro atoms. The molecule has 0 saturated carbocycles. The third kappa shape index (κ3) is 10.7. The molecule has 100 heavy (non-hydrogen) atoms. The Labute approximate surface area is 597 Å². The topological polar surface area (TPSA) is 11.4 Å². The van der Waals surface area contributed by atoms with Crippen LogP contribution in [-0.2, 0) is 43.3 Å². The molecular formula is C96H100BN3. The lowest BCUT2D eigenvalue weighted by Crippen LogP contribution is -2.61. The molecule has 2 aliphatic carbocycles. The first kappa shape index (κ1) is 65.5. The van der Waals surface area contributed by atoms with Crippen LogP contribution in [0.15, 0.2) is 218 Å². The largest absolute Gasteiger partial charge is 0.311 e. The van der Waals surface area contributed by atoms with Gasteiger partial charge in [0.25, 0.3) is 6.71 Å². The lowest BCUT2D eigenvalue weighted by molar-refractivity contribution is 0.402. The van der Waals surface area contributed by atoms with Gasteiger partial charge in [-0.2, -0.15) is 0 Å². The van der Waals surface area contributed by atoms with E-state index in [9.17, 15) is 0 Å². The standard InChI is InChI=1S/C96H100BN3/c1-89(2,3)67-45-65(46-68(53-67)90(4,5)6)63-35-43-84-80(51-63)97-81-52-64(66-47-69(91(7,8)9)54-70(48-66)92(10,11)12)36-44-85(81)99(72-39-31-60(32-40-72)62-34-42-77-79(50-62)96(19,20)58-94(77,15)16)87-56-73(100-82-27-23-21-25-74(82)75-26-22-24-28-83(75)100)55-86(88(87)97)98(84)71-37-29-59(30-38-71)61-33-41-76-78(49-61)95(17,18)57-93(76,13)14/h21-56H,57-58H2,1-20H3. The number of hydrogen-bond acceptors (Lipinski definition) is 2. The van der Waals surface area contributed by atoms with Gasteiger partial charge in [-0.1, -0.05) is 296 Å². The van der Waals surface area contributed by atoms with Gasteiger partial charge in [0.1, 0.15) is 0 Å². The highest BCUT2D eigenvalue weighted by Gasteiger charge is 2.46. The van der Waals surface area contributed by atoms with Crippen LogP contribution in [0.4, 0.5) is 34.1 Å². The van der Waals surface area contributed by atoms with Crippen LogP contribution in [0.1, 0.15) is 196 Å². The number of benzene rings is 11. The highest BCUT2D eigenvalue weighted by molar-refractivity contribution is 7.00. The van der Waals surface area contributed by atoms with E-state index in [1.807, 2.05) is 0 Å². The Morgan fingerprint density at radius 1 is 0.280 bits per heavy atom. The van der Waals surface area contributed by atoms with Gasteiger partial charge in [0.05, 0.1) is 16.7 Å². The van der Waals surface area contributed by atoms with Crippen LogP contribution in [0.3, 0.4) is 0 Å². The summed E-state index contributed by atoms with van der Waals surface area (Å²) in [5.74, 6) is 0. The van der Waals surface area contributed by atoms with Gasteiger partial charge in [-0.15, -0.1) is 0 Å². The first-order valence-corrected chi connectivity index (χ1v) is 36.9. The summed E-state index contributed by atoms with van der Waals surface area (Å²) < 4.78 is 2.54. The molecule has 0 atom stereocenters. The highest BCUT2D eigenvalue weighted by Crippen LogP contribution is 2.54. The molecule has 3 nitrogen and oxygen atoms in total. The summed E-state index contributed by atoms with van der Waals surface area (Å²) in [5.41, 5.74) is 35.7. The van der Waals surface area contributed by atoms with Crippen molar-refractivity contribution >= 4 is 79.0 Å². The quantitative estimate of drug-likeness (QED) is 0.147. The minimum atomic E-state index is -0.174. The van der Waals surface area contributed by atoms with E-state index >= 15 is 0 Å². The molecule has 0 amide bonds. The van der Waals surface area contributed by atoms with Crippen LogP contribution in [0.25, 0.3) is 72.0 Å². The second-order valence-corrected chi connectivity index (χ2v) is 37.0. The van der Waals surface area contributed by atoms with Crippen molar-refractivity contribution in [2.24, 2.45) is 0 Å². The Bertz CT molecular complexity index is 4950. The minimum Gasteiger partial charge on any atom is -0.311 e. The summed E-state index contributed by atoms with van der Waals surface area (Å²) in [6.45, 7) is 47.5. The Morgan fingerprint density at radius 2 is 0.600 bits per heavy atom. The van der Waals surface area contributed by atoms with Gasteiger partial charge in [0, 0.05) is 44.9 Å². The van der Waals surface area contributed by atoms with Crippen molar-refractivity contribution in [2.75, 3.05) is 9.80 Å². The number of para-hydroxylation sites is 2. The summed E-state index contributed by atoms with van der Waals surface area (Å²) in [4.78, 5) is 5.26. The average molecular weight is 1310 g/mol. The summed E-state index contributed by atoms with van der Waals surface area (Å²) in [6, 6.07) is 86.6. The first-order chi connectivity index (χ1) is 47.0. The zero-order chi connectivity index (χ0) is 70.5. The third-order valence-corrected chi connectivity index (χ3v) is 23.5. The number of nitrogens with zero attached hydrogens (tertiary/aromatic N) is 3. The van der Waals surface area contributed by atoms with Gasteiger partial charge in [-0.25, -0.2) is 0 Å². The van der Waals surface area contributed by atoms with Crippen molar-refractivity contribution in [3.05, 3.63) is 263 Å². The molecule has 4 heteroatoms. The fourth-order valence-corrected chi connectivity index (χ4v) is 18.5. The molecule has 0 bridgehead atoms. The molecule has 502 valence electrons. The van der Waals surface area contributed by atoms with E-state index in [0.29, 0.717) is 0 Å². The number of anilines is 6. The maximum atomic E-state index is 2.63. The first-order valence-electron chi connectivity index (χ1n) is 36.9. The second-order valence-electron chi connectivity index (χ2n) is 37.0. The van der Waals surface area contributed by atoms with Crippen LogP contribution in [-0.4, -0.2) is 11.3 Å². The average Bonchev–Trinajstić information content (AvgIpc) is 0.910. The maximum absolute atomic E-state index is 2.63. The van der Waals surface area contributed by atoms with Crippen LogP contribution in [0.5, 0.6) is 0 Å². The lowest BCUT2D eigenvalue weighted by Gasteiger charge is -2.45. The number of hydrogen-bond donors (Lipinski definition) is 0.